The van der Waals surface area contributed by atoms with Crippen LogP contribution in [0.2, 0.25) is 0 Å². The molecule has 122 valence electrons. The SMILES string of the molecule is Br.CCCN1CC[C@@]23CCCC[C@H]2[C@@H]1Cc1ccc(O)cc13. The van der Waals surface area contributed by atoms with E-state index in [9.17, 15) is 5.11 Å². The molecule has 4 rings (SSSR count). The number of phenolic OH excluding ortho intramolecular Hbond substituents is 1. The lowest BCUT2D eigenvalue weighted by atomic mass is 9.52. The van der Waals surface area contributed by atoms with Crippen LogP contribution in [0.4, 0.5) is 0 Å². The first-order chi connectivity index (χ1) is 10.2. The van der Waals surface area contributed by atoms with Crippen LogP contribution in [0.5, 0.6) is 5.75 Å². The molecule has 0 unspecified atom stereocenters. The lowest BCUT2D eigenvalue weighted by molar-refractivity contribution is -0.0111. The fourth-order valence-corrected chi connectivity index (χ4v) is 5.64. The third-order valence-corrected chi connectivity index (χ3v) is 6.45. The van der Waals surface area contributed by atoms with Gasteiger partial charge in [0.05, 0.1) is 0 Å². The molecular weight excluding hydrogens is 338 g/mol. The van der Waals surface area contributed by atoms with Crippen molar-refractivity contribution in [2.45, 2.75) is 63.3 Å². The first kappa shape index (κ1) is 16.3. The molecule has 3 atom stereocenters. The first-order valence-corrected chi connectivity index (χ1v) is 8.81. The number of rotatable bonds is 2. The van der Waals surface area contributed by atoms with Gasteiger partial charge in [-0.1, -0.05) is 25.8 Å². The predicted molar refractivity (Wildman–Crippen MR) is 96.0 cm³/mol. The number of halogens is 1. The van der Waals surface area contributed by atoms with Crippen LogP contribution in [0.1, 0.15) is 56.6 Å². The van der Waals surface area contributed by atoms with E-state index in [1.165, 1.54) is 69.2 Å². The van der Waals surface area contributed by atoms with Gasteiger partial charge in [0, 0.05) is 11.5 Å². The Balaban J connectivity index is 0.00000144. The Hall–Kier alpha value is -0.540. The summed E-state index contributed by atoms with van der Waals surface area (Å²) in [6, 6.07) is 6.92. The van der Waals surface area contributed by atoms with Crippen molar-refractivity contribution in [3.05, 3.63) is 29.3 Å². The van der Waals surface area contributed by atoms with Crippen LogP contribution in [0.3, 0.4) is 0 Å². The maximum absolute atomic E-state index is 10.00. The summed E-state index contributed by atoms with van der Waals surface area (Å²) in [6.07, 6.45) is 9.25. The number of nitrogens with zero attached hydrogens (tertiary/aromatic N) is 1. The molecule has 22 heavy (non-hydrogen) atoms. The van der Waals surface area contributed by atoms with Gasteiger partial charge in [-0.05, 0) is 74.4 Å². The highest BCUT2D eigenvalue weighted by Crippen LogP contribution is 2.56. The average Bonchev–Trinajstić information content (AvgIpc) is 2.51. The Morgan fingerprint density at radius 3 is 2.95 bits per heavy atom. The number of phenols is 1. The van der Waals surface area contributed by atoms with E-state index >= 15 is 0 Å². The summed E-state index contributed by atoms with van der Waals surface area (Å²) < 4.78 is 0. The number of hydrogen-bond donors (Lipinski definition) is 1. The molecular formula is C19H28BrNO. The molecule has 2 fully saturated rings. The highest BCUT2D eigenvalue weighted by molar-refractivity contribution is 8.93. The van der Waals surface area contributed by atoms with Gasteiger partial charge < -0.3 is 5.11 Å². The summed E-state index contributed by atoms with van der Waals surface area (Å²) in [6.45, 7) is 4.81. The summed E-state index contributed by atoms with van der Waals surface area (Å²) in [4.78, 5) is 2.77. The van der Waals surface area contributed by atoms with E-state index < -0.39 is 0 Å². The van der Waals surface area contributed by atoms with Crippen molar-refractivity contribution in [3.8, 4) is 5.75 Å². The molecule has 3 aliphatic rings. The normalized spacial score (nSPS) is 33.5. The molecule has 2 aliphatic carbocycles. The van der Waals surface area contributed by atoms with Crippen LogP contribution >= 0.6 is 17.0 Å². The van der Waals surface area contributed by atoms with E-state index in [2.05, 4.69) is 24.0 Å². The van der Waals surface area contributed by atoms with E-state index in [-0.39, 0.29) is 17.0 Å². The van der Waals surface area contributed by atoms with Crippen molar-refractivity contribution in [1.82, 2.24) is 4.90 Å². The third-order valence-electron chi connectivity index (χ3n) is 6.45. The molecule has 1 N–H and O–H groups in total. The molecule has 1 aromatic rings. The minimum Gasteiger partial charge on any atom is -0.508 e. The Morgan fingerprint density at radius 1 is 1.27 bits per heavy atom. The van der Waals surface area contributed by atoms with Crippen LogP contribution in [-0.2, 0) is 11.8 Å². The molecule has 2 bridgehead atoms. The summed E-state index contributed by atoms with van der Waals surface area (Å²) in [5.41, 5.74) is 3.38. The Bertz CT molecular complexity index is 546. The van der Waals surface area contributed by atoms with Crippen molar-refractivity contribution in [2.75, 3.05) is 13.1 Å². The number of aromatic hydroxyl groups is 1. The zero-order chi connectivity index (χ0) is 14.4. The fraction of sp³-hybridized carbons (Fsp3) is 0.684. The molecule has 1 aromatic carbocycles. The molecule has 1 aliphatic heterocycles. The van der Waals surface area contributed by atoms with E-state index in [4.69, 9.17) is 0 Å². The number of likely N-dealkylation sites (tertiary alicyclic amines) is 1. The lowest BCUT2D eigenvalue weighted by Crippen LogP contribution is -2.60. The molecule has 1 saturated carbocycles. The molecule has 1 heterocycles. The second kappa shape index (κ2) is 6.16. The number of piperidine rings is 1. The third kappa shape index (κ3) is 2.32. The monoisotopic (exact) mass is 365 g/mol. The maximum Gasteiger partial charge on any atom is 0.115 e. The van der Waals surface area contributed by atoms with Crippen LogP contribution in [0.25, 0.3) is 0 Å². The summed E-state index contributed by atoms with van der Waals surface area (Å²) in [5, 5.41) is 10.00. The molecule has 2 nitrogen and oxygen atoms in total. The van der Waals surface area contributed by atoms with Crippen LogP contribution < -0.4 is 0 Å². The molecule has 0 amide bonds. The average molecular weight is 366 g/mol. The second-order valence-corrected chi connectivity index (χ2v) is 7.41. The quantitative estimate of drug-likeness (QED) is 0.837. The van der Waals surface area contributed by atoms with Gasteiger partial charge in [0.15, 0.2) is 0 Å². The lowest BCUT2D eigenvalue weighted by Gasteiger charge is -2.59. The number of hydrogen-bond acceptors (Lipinski definition) is 2. The Labute approximate surface area is 144 Å². The van der Waals surface area contributed by atoms with Crippen LogP contribution in [0.15, 0.2) is 18.2 Å². The molecule has 0 aromatic heterocycles. The van der Waals surface area contributed by atoms with Crippen molar-refractivity contribution in [2.24, 2.45) is 5.92 Å². The van der Waals surface area contributed by atoms with Gasteiger partial charge in [0.2, 0.25) is 0 Å². The molecule has 0 radical (unpaired) electrons. The van der Waals surface area contributed by atoms with Gasteiger partial charge in [-0.15, -0.1) is 17.0 Å². The minimum atomic E-state index is 0. The Kier molecular flexibility index (Phi) is 4.57. The second-order valence-electron chi connectivity index (χ2n) is 7.41. The van der Waals surface area contributed by atoms with Crippen LogP contribution in [0, 0.1) is 5.92 Å². The van der Waals surface area contributed by atoms with E-state index in [0.29, 0.717) is 11.2 Å². The van der Waals surface area contributed by atoms with Crippen molar-refractivity contribution in [1.29, 1.82) is 0 Å². The van der Waals surface area contributed by atoms with E-state index in [1.54, 1.807) is 0 Å². The minimum absolute atomic E-state index is 0. The molecule has 0 spiro atoms. The maximum atomic E-state index is 10.00. The Morgan fingerprint density at radius 2 is 2.14 bits per heavy atom. The van der Waals surface area contributed by atoms with Gasteiger partial charge >= 0.3 is 0 Å². The van der Waals surface area contributed by atoms with Crippen LogP contribution in [-0.4, -0.2) is 29.1 Å². The standard InChI is InChI=1S/C19H27NO.BrH/c1-2-10-20-11-9-19-8-4-3-5-16(19)18(20)12-14-6-7-15(21)13-17(14)19;/h6-7,13,16,18,21H,2-5,8-12H2,1H3;1H/t16-,18-,19-;/m0./s1. The van der Waals surface area contributed by atoms with Gasteiger partial charge in [-0.3, -0.25) is 4.90 Å². The predicted octanol–water partition coefficient (Wildman–Crippen LogP) is 4.44. The zero-order valence-corrected chi connectivity index (χ0v) is 15.3. The summed E-state index contributed by atoms with van der Waals surface area (Å²) in [5.74, 6) is 1.28. The highest BCUT2D eigenvalue weighted by atomic mass is 79.9. The van der Waals surface area contributed by atoms with Gasteiger partial charge in [-0.25, -0.2) is 0 Å². The van der Waals surface area contributed by atoms with E-state index in [1.807, 2.05) is 6.07 Å². The summed E-state index contributed by atoms with van der Waals surface area (Å²) in [7, 11) is 0. The zero-order valence-electron chi connectivity index (χ0n) is 13.6. The van der Waals surface area contributed by atoms with Crippen molar-refractivity contribution in [3.63, 3.8) is 0 Å². The van der Waals surface area contributed by atoms with Crippen molar-refractivity contribution >= 4 is 17.0 Å². The summed E-state index contributed by atoms with van der Waals surface area (Å²) >= 11 is 0. The number of benzene rings is 1. The largest absolute Gasteiger partial charge is 0.508 e. The molecule has 1 saturated heterocycles. The first-order valence-electron chi connectivity index (χ1n) is 8.81. The highest BCUT2D eigenvalue weighted by Gasteiger charge is 2.53. The van der Waals surface area contributed by atoms with Crippen molar-refractivity contribution < 1.29 is 5.11 Å². The van der Waals surface area contributed by atoms with Gasteiger partial charge in [0.25, 0.3) is 0 Å². The number of fused-ring (bicyclic) bond motifs is 1. The fourth-order valence-electron chi connectivity index (χ4n) is 5.64. The topological polar surface area (TPSA) is 23.5 Å². The smallest absolute Gasteiger partial charge is 0.115 e. The van der Waals surface area contributed by atoms with Gasteiger partial charge in [-0.2, -0.15) is 0 Å². The molecule has 3 heteroatoms. The van der Waals surface area contributed by atoms with E-state index in [0.717, 1.165) is 12.0 Å². The van der Waals surface area contributed by atoms with Gasteiger partial charge in [0.1, 0.15) is 5.75 Å².